The van der Waals surface area contributed by atoms with Gasteiger partial charge in [0.2, 0.25) is 0 Å². The number of ether oxygens (including phenoxy) is 1. The van der Waals surface area contributed by atoms with Crippen molar-refractivity contribution in [3.8, 4) is 0 Å². The highest BCUT2D eigenvalue weighted by Gasteiger charge is 2.18. The predicted octanol–water partition coefficient (Wildman–Crippen LogP) is 1.61. The van der Waals surface area contributed by atoms with E-state index in [-0.39, 0.29) is 11.8 Å². The molecule has 1 aliphatic rings. The molecule has 0 aromatic heterocycles. The third-order valence-corrected chi connectivity index (χ3v) is 5.43. The number of anilines is 1. The lowest BCUT2D eigenvalue weighted by Gasteiger charge is -2.30. The summed E-state index contributed by atoms with van der Waals surface area (Å²) in [6.45, 7) is 8.03. The van der Waals surface area contributed by atoms with Gasteiger partial charge >= 0.3 is 0 Å². The molecule has 1 aromatic carbocycles. The van der Waals surface area contributed by atoms with Gasteiger partial charge in [-0.25, -0.2) is 8.42 Å². The predicted molar refractivity (Wildman–Crippen MR) is 84.5 cm³/mol. The molecule has 0 aliphatic carbocycles. The summed E-state index contributed by atoms with van der Waals surface area (Å²) in [4.78, 5) is 2.72. The highest BCUT2D eigenvalue weighted by Crippen LogP contribution is 2.22. The molecule has 1 heterocycles. The lowest BCUT2D eigenvalue weighted by molar-refractivity contribution is 0.0368. The van der Waals surface area contributed by atoms with Crippen LogP contribution >= 0.6 is 0 Å². The normalized spacial score (nSPS) is 18.4. The van der Waals surface area contributed by atoms with Crippen molar-refractivity contribution in [3.63, 3.8) is 0 Å². The SMILES string of the molecule is CCS(=O)(=O)c1ccccc1NC(C)CN1CCOCC1. The number of hydrogen-bond acceptors (Lipinski definition) is 5. The molecule has 6 heteroatoms. The van der Waals surface area contributed by atoms with Crippen molar-refractivity contribution in [3.05, 3.63) is 24.3 Å². The number of sulfone groups is 1. The highest BCUT2D eigenvalue weighted by molar-refractivity contribution is 7.91. The smallest absolute Gasteiger partial charge is 0.180 e. The van der Waals surface area contributed by atoms with Crippen LogP contribution in [0.3, 0.4) is 0 Å². The topological polar surface area (TPSA) is 58.6 Å². The van der Waals surface area contributed by atoms with E-state index in [1.54, 1.807) is 19.1 Å². The van der Waals surface area contributed by atoms with Gasteiger partial charge in [0.05, 0.1) is 29.5 Å². The zero-order valence-corrected chi connectivity index (χ0v) is 13.5. The number of hydrogen-bond donors (Lipinski definition) is 1. The van der Waals surface area contributed by atoms with Crippen LogP contribution in [0, 0.1) is 0 Å². The summed E-state index contributed by atoms with van der Waals surface area (Å²) >= 11 is 0. The summed E-state index contributed by atoms with van der Waals surface area (Å²) in [6, 6.07) is 7.30. The molecule has 0 spiro atoms. The Morgan fingerprint density at radius 1 is 1.29 bits per heavy atom. The fraction of sp³-hybridized carbons (Fsp3) is 0.600. The van der Waals surface area contributed by atoms with Crippen molar-refractivity contribution < 1.29 is 13.2 Å². The minimum atomic E-state index is -3.20. The van der Waals surface area contributed by atoms with E-state index in [0.717, 1.165) is 32.8 Å². The van der Waals surface area contributed by atoms with E-state index in [0.29, 0.717) is 10.6 Å². The fourth-order valence-corrected chi connectivity index (χ4v) is 3.55. The van der Waals surface area contributed by atoms with Crippen LogP contribution in [0.25, 0.3) is 0 Å². The van der Waals surface area contributed by atoms with E-state index >= 15 is 0 Å². The average molecular weight is 312 g/mol. The van der Waals surface area contributed by atoms with Crippen LogP contribution < -0.4 is 5.32 Å². The monoisotopic (exact) mass is 312 g/mol. The van der Waals surface area contributed by atoms with Crippen molar-refractivity contribution in [2.75, 3.05) is 43.9 Å². The van der Waals surface area contributed by atoms with Crippen molar-refractivity contribution in [2.24, 2.45) is 0 Å². The van der Waals surface area contributed by atoms with Gasteiger partial charge in [0.1, 0.15) is 0 Å². The number of para-hydroxylation sites is 1. The van der Waals surface area contributed by atoms with Crippen LogP contribution in [0.15, 0.2) is 29.2 Å². The minimum Gasteiger partial charge on any atom is -0.380 e. The fourth-order valence-electron chi connectivity index (χ4n) is 2.49. The van der Waals surface area contributed by atoms with Crippen molar-refractivity contribution in [1.82, 2.24) is 4.90 Å². The number of rotatable bonds is 6. The van der Waals surface area contributed by atoms with E-state index in [2.05, 4.69) is 17.1 Å². The number of nitrogens with one attached hydrogen (secondary N) is 1. The largest absolute Gasteiger partial charge is 0.380 e. The van der Waals surface area contributed by atoms with Crippen molar-refractivity contribution in [1.29, 1.82) is 0 Å². The van der Waals surface area contributed by atoms with Crippen molar-refractivity contribution in [2.45, 2.75) is 24.8 Å². The molecule has 0 saturated carbocycles. The molecule has 1 aliphatic heterocycles. The first-order valence-corrected chi connectivity index (χ1v) is 9.06. The second-order valence-corrected chi connectivity index (χ2v) is 7.60. The molecule has 1 unspecified atom stereocenters. The Hall–Kier alpha value is -1.11. The van der Waals surface area contributed by atoms with E-state index < -0.39 is 9.84 Å². The molecule has 21 heavy (non-hydrogen) atoms. The molecule has 0 radical (unpaired) electrons. The maximum atomic E-state index is 12.1. The Balaban J connectivity index is 2.05. The second-order valence-electron chi connectivity index (χ2n) is 5.36. The number of morpholine rings is 1. The van der Waals surface area contributed by atoms with Crippen LogP contribution in [0.2, 0.25) is 0 Å². The third kappa shape index (κ3) is 4.43. The Morgan fingerprint density at radius 3 is 2.62 bits per heavy atom. The van der Waals surface area contributed by atoms with Gasteiger partial charge in [0.15, 0.2) is 9.84 Å². The number of nitrogens with zero attached hydrogens (tertiary/aromatic N) is 1. The van der Waals surface area contributed by atoms with Gasteiger partial charge in [-0.3, -0.25) is 4.90 Å². The first-order valence-electron chi connectivity index (χ1n) is 7.41. The van der Waals surface area contributed by atoms with Gasteiger partial charge in [0, 0.05) is 25.7 Å². The van der Waals surface area contributed by atoms with Crippen LogP contribution in [-0.4, -0.2) is 58.0 Å². The van der Waals surface area contributed by atoms with Gasteiger partial charge < -0.3 is 10.1 Å². The van der Waals surface area contributed by atoms with Crippen LogP contribution in [-0.2, 0) is 14.6 Å². The summed E-state index contributed by atoms with van der Waals surface area (Å²) in [5.41, 5.74) is 0.695. The molecule has 1 atom stereocenters. The molecule has 1 aromatic rings. The van der Waals surface area contributed by atoms with Gasteiger partial charge in [-0.05, 0) is 19.1 Å². The Labute approximate surface area is 127 Å². The average Bonchev–Trinajstić information content (AvgIpc) is 2.48. The molecule has 2 rings (SSSR count). The standard InChI is InChI=1S/C15H24N2O3S/c1-3-21(18,19)15-7-5-4-6-14(15)16-13(2)12-17-8-10-20-11-9-17/h4-7,13,16H,3,8-12H2,1-2H3. The Kier molecular flexibility index (Phi) is 5.61. The molecule has 0 amide bonds. The first-order chi connectivity index (χ1) is 10.0. The van der Waals surface area contributed by atoms with Gasteiger partial charge in [-0.15, -0.1) is 0 Å². The van der Waals surface area contributed by atoms with Crippen molar-refractivity contribution >= 4 is 15.5 Å². The molecule has 1 saturated heterocycles. The summed E-state index contributed by atoms with van der Waals surface area (Å²) < 4.78 is 29.6. The molecule has 0 bridgehead atoms. The first kappa shape index (κ1) is 16.3. The lowest BCUT2D eigenvalue weighted by Crippen LogP contribution is -2.42. The van der Waals surface area contributed by atoms with Gasteiger partial charge in [-0.2, -0.15) is 0 Å². The molecule has 118 valence electrons. The van der Waals surface area contributed by atoms with Crippen LogP contribution in [0.5, 0.6) is 0 Å². The maximum Gasteiger partial charge on any atom is 0.180 e. The summed E-state index contributed by atoms with van der Waals surface area (Å²) in [7, 11) is -3.20. The summed E-state index contributed by atoms with van der Waals surface area (Å²) in [5.74, 6) is 0.115. The molecular weight excluding hydrogens is 288 g/mol. The molecule has 1 fully saturated rings. The van der Waals surface area contributed by atoms with E-state index in [1.165, 1.54) is 0 Å². The summed E-state index contributed by atoms with van der Waals surface area (Å²) in [5, 5.41) is 3.34. The third-order valence-electron chi connectivity index (χ3n) is 3.64. The Bertz CT molecular complexity index is 554. The second kappa shape index (κ2) is 7.24. The quantitative estimate of drug-likeness (QED) is 0.865. The van der Waals surface area contributed by atoms with Gasteiger partial charge in [0.25, 0.3) is 0 Å². The van der Waals surface area contributed by atoms with E-state index in [4.69, 9.17) is 4.74 Å². The Morgan fingerprint density at radius 2 is 1.95 bits per heavy atom. The van der Waals surface area contributed by atoms with E-state index in [1.807, 2.05) is 12.1 Å². The number of benzene rings is 1. The maximum absolute atomic E-state index is 12.1. The lowest BCUT2D eigenvalue weighted by atomic mass is 10.2. The summed E-state index contributed by atoms with van der Waals surface area (Å²) in [6.07, 6.45) is 0. The molecular formula is C15H24N2O3S. The van der Waals surface area contributed by atoms with Crippen LogP contribution in [0.1, 0.15) is 13.8 Å². The minimum absolute atomic E-state index is 0.115. The molecule has 1 N–H and O–H groups in total. The highest BCUT2D eigenvalue weighted by atomic mass is 32.2. The zero-order valence-electron chi connectivity index (χ0n) is 12.7. The van der Waals surface area contributed by atoms with Gasteiger partial charge in [-0.1, -0.05) is 19.1 Å². The molecule has 5 nitrogen and oxygen atoms in total. The van der Waals surface area contributed by atoms with Crippen LogP contribution in [0.4, 0.5) is 5.69 Å². The van der Waals surface area contributed by atoms with E-state index in [9.17, 15) is 8.42 Å². The zero-order chi connectivity index (χ0) is 15.3.